The molecule has 5 heteroatoms. The molecule has 19 heavy (non-hydrogen) atoms. The molecule has 3 saturated heterocycles. The molecule has 3 aliphatic rings. The van der Waals surface area contributed by atoms with Crippen LogP contribution in [0.5, 0.6) is 0 Å². The van der Waals surface area contributed by atoms with E-state index in [0.29, 0.717) is 19.1 Å². The summed E-state index contributed by atoms with van der Waals surface area (Å²) in [6, 6.07) is 0. The van der Waals surface area contributed by atoms with E-state index in [1.807, 2.05) is 4.90 Å². The van der Waals surface area contributed by atoms with E-state index < -0.39 is 0 Å². The van der Waals surface area contributed by atoms with Crippen LogP contribution in [-0.2, 0) is 14.3 Å². The molecule has 0 radical (unpaired) electrons. The fourth-order valence-electron chi connectivity index (χ4n) is 3.48. The summed E-state index contributed by atoms with van der Waals surface area (Å²) in [4.78, 5) is 16.8. The zero-order chi connectivity index (χ0) is 13.3. The maximum absolute atomic E-state index is 12.5. The Bertz CT molecular complexity index is 332. The standard InChI is InChI=1S/C14H24N2O3/c1-15-6-2-3-12(11-15)13(17)16-7-4-14(5-8-16)18-9-10-19-14/h12H,2-11H2,1H3. The van der Waals surface area contributed by atoms with Gasteiger partial charge in [-0.15, -0.1) is 0 Å². The van der Waals surface area contributed by atoms with E-state index in [4.69, 9.17) is 9.47 Å². The van der Waals surface area contributed by atoms with E-state index >= 15 is 0 Å². The highest BCUT2D eigenvalue weighted by Crippen LogP contribution is 2.32. The predicted molar refractivity (Wildman–Crippen MR) is 70.7 cm³/mol. The van der Waals surface area contributed by atoms with Crippen molar-refractivity contribution in [2.45, 2.75) is 31.5 Å². The second kappa shape index (κ2) is 5.38. The number of nitrogens with zero attached hydrogens (tertiary/aromatic N) is 2. The first kappa shape index (κ1) is 13.3. The van der Waals surface area contributed by atoms with E-state index in [1.165, 1.54) is 0 Å². The van der Waals surface area contributed by atoms with Gasteiger partial charge in [-0.25, -0.2) is 0 Å². The van der Waals surface area contributed by atoms with Gasteiger partial charge in [-0.1, -0.05) is 0 Å². The summed E-state index contributed by atoms with van der Waals surface area (Å²) in [5.41, 5.74) is 0. The number of ether oxygens (including phenoxy) is 2. The molecule has 3 fully saturated rings. The summed E-state index contributed by atoms with van der Waals surface area (Å²) in [6.45, 7) is 4.98. The van der Waals surface area contributed by atoms with Crippen LogP contribution in [-0.4, -0.2) is 67.9 Å². The normalized spacial score (nSPS) is 31.8. The van der Waals surface area contributed by atoms with Gasteiger partial charge in [-0.05, 0) is 26.4 Å². The van der Waals surface area contributed by atoms with Crippen molar-refractivity contribution < 1.29 is 14.3 Å². The fourth-order valence-corrected chi connectivity index (χ4v) is 3.48. The van der Waals surface area contributed by atoms with Gasteiger partial charge >= 0.3 is 0 Å². The Balaban J connectivity index is 1.54. The second-order valence-electron chi connectivity index (χ2n) is 6.03. The first-order chi connectivity index (χ1) is 9.19. The monoisotopic (exact) mass is 268 g/mol. The van der Waals surface area contributed by atoms with Gasteiger partial charge in [0.05, 0.1) is 19.1 Å². The Hall–Kier alpha value is -0.650. The lowest BCUT2D eigenvalue weighted by Crippen LogP contribution is -2.50. The van der Waals surface area contributed by atoms with Gasteiger partial charge in [-0.2, -0.15) is 0 Å². The molecule has 3 rings (SSSR count). The zero-order valence-electron chi connectivity index (χ0n) is 11.8. The fraction of sp³-hybridized carbons (Fsp3) is 0.929. The van der Waals surface area contributed by atoms with Crippen LogP contribution < -0.4 is 0 Å². The molecular weight excluding hydrogens is 244 g/mol. The Morgan fingerprint density at radius 3 is 2.47 bits per heavy atom. The molecule has 1 atom stereocenters. The maximum Gasteiger partial charge on any atom is 0.226 e. The third kappa shape index (κ3) is 2.78. The van der Waals surface area contributed by atoms with Gasteiger partial charge in [0.2, 0.25) is 5.91 Å². The van der Waals surface area contributed by atoms with Gasteiger partial charge in [-0.3, -0.25) is 4.79 Å². The largest absolute Gasteiger partial charge is 0.347 e. The highest BCUT2D eigenvalue weighted by Gasteiger charge is 2.41. The summed E-state index contributed by atoms with van der Waals surface area (Å²) < 4.78 is 11.4. The number of carbonyl (C=O) groups excluding carboxylic acids is 1. The Morgan fingerprint density at radius 1 is 1.16 bits per heavy atom. The van der Waals surface area contributed by atoms with Gasteiger partial charge in [0.25, 0.3) is 0 Å². The molecule has 0 aliphatic carbocycles. The maximum atomic E-state index is 12.5. The molecule has 108 valence electrons. The highest BCUT2D eigenvalue weighted by molar-refractivity contribution is 5.79. The minimum Gasteiger partial charge on any atom is -0.347 e. The number of likely N-dealkylation sites (tertiary alicyclic amines) is 2. The molecule has 0 aromatic rings. The molecule has 1 spiro atoms. The Morgan fingerprint density at radius 2 is 1.84 bits per heavy atom. The molecule has 3 aliphatic heterocycles. The van der Waals surface area contributed by atoms with Crippen molar-refractivity contribution in [3.8, 4) is 0 Å². The van der Waals surface area contributed by atoms with Crippen LogP contribution in [0.3, 0.4) is 0 Å². The minimum absolute atomic E-state index is 0.193. The lowest BCUT2D eigenvalue weighted by Gasteiger charge is -2.40. The first-order valence-corrected chi connectivity index (χ1v) is 7.44. The van der Waals surface area contributed by atoms with Crippen molar-refractivity contribution in [1.82, 2.24) is 9.80 Å². The van der Waals surface area contributed by atoms with Crippen LogP contribution in [0, 0.1) is 5.92 Å². The van der Waals surface area contributed by atoms with Gasteiger partial charge < -0.3 is 19.3 Å². The molecule has 0 bridgehead atoms. The van der Waals surface area contributed by atoms with E-state index in [2.05, 4.69) is 11.9 Å². The van der Waals surface area contributed by atoms with Crippen molar-refractivity contribution in [3.05, 3.63) is 0 Å². The van der Waals surface area contributed by atoms with Gasteiger partial charge in [0, 0.05) is 32.5 Å². The van der Waals surface area contributed by atoms with E-state index in [-0.39, 0.29) is 11.7 Å². The van der Waals surface area contributed by atoms with Gasteiger partial charge in [0.15, 0.2) is 5.79 Å². The van der Waals surface area contributed by atoms with Crippen LogP contribution in [0.4, 0.5) is 0 Å². The molecular formula is C14H24N2O3. The zero-order valence-corrected chi connectivity index (χ0v) is 11.8. The Labute approximate surface area is 114 Å². The molecule has 0 aromatic heterocycles. The average Bonchev–Trinajstić information content (AvgIpc) is 2.87. The summed E-state index contributed by atoms with van der Waals surface area (Å²) in [5.74, 6) is 0.151. The third-order valence-electron chi connectivity index (χ3n) is 4.62. The first-order valence-electron chi connectivity index (χ1n) is 7.44. The topological polar surface area (TPSA) is 42.0 Å². The van der Waals surface area contributed by atoms with Crippen molar-refractivity contribution in [2.24, 2.45) is 5.92 Å². The average molecular weight is 268 g/mol. The summed E-state index contributed by atoms with van der Waals surface area (Å²) in [5, 5.41) is 0. The predicted octanol–water partition coefficient (Wildman–Crippen LogP) is 0.694. The number of carbonyl (C=O) groups is 1. The molecule has 3 heterocycles. The van der Waals surface area contributed by atoms with Crippen molar-refractivity contribution in [1.29, 1.82) is 0 Å². The quantitative estimate of drug-likeness (QED) is 0.702. The lowest BCUT2D eigenvalue weighted by atomic mass is 9.95. The second-order valence-corrected chi connectivity index (χ2v) is 6.03. The SMILES string of the molecule is CN1CCCC(C(=O)N2CCC3(CC2)OCCO3)C1. The van der Waals surface area contributed by atoms with Crippen LogP contribution in [0.2, 0.25) is 0 Å². The third-order valence-corrected chi connectivity index (χ3v) is 4.62. The van der Waals surface area contributed by atoms with Crippen molar-refractivity contribution >= 4 is 5.91 Å². The molecule has 0 saturated carbocycles. The van der Waals surface area contributed by atoms with Crippen molar-refractivity contribution in [3.63, 3.8) is 0 Å². The molecule has 0 N–H and O–H groups in total. The van der Waals surface area contributed by atoms with Crippen LogP contribution in [0.25, 0.3) is 0 Å². The lowest BCUT2D eigenvalue weighted by molar-refractivity contribution is -0.188. The summed E-state index contributed by atoms with van der Waals surface area (Å²) in [6.07, 6.45) is 3.82. The number of hydrogen-bond donors (Lipinski definition) is 0. The van der Waals surface area contributed by atoms with Crippen LogP contribution in [0.1, 0.15) is 25.7 Å². The minimum atomic E-state index is -0.375. The molecule has 5 nitrogen and oxygen atoms in total. The number of piperidine rings is 2. The van der Waals surface area contributed by atoms with E-state index in [1.54, 1.807) is 0 Å². The van der Waals surface area contributed by atoms with Crippen LogP contribution >= 0.6 is 0 Å². The number of hydrogen-bond acceptors (Lipinski definition) is 4. The van der Waals surface area contributed by atoms with Gasteiger partial charge in [0.1, 0.15) is 0 Å². The van der Waals surface area contributed by atoms with Crippen LogP contribution in [0.15, 0.2) is 0 Å². The summed E-state index contributed by atoms with van der Waals surface area (Å²) in [7, 11) is 2.10. The molecule has 1 amide bonds. The molecule has 0 aromatic carbocycles. The Kier molecular flexibility index (Phi) is 3.78. The molecule has 1 unspecified atom stereocenters. The number of rotatable bonds is 1. The van der Waals surface area contributed by atoms with E-state index in [9.17, 15) is 4.79 Å². The number of amides is 1. The highest BCUT2D eigenvalue weighted by atomic mass is 16.7. The van der Waals surface area contributed by atoms with E-state index in [0.717, 1.165) is 51.9 Å². The smallest absolute Gasteiger partial charge is 0.226 e. The van der Waals surface area contributed by atoms with Crippen molar-refractivity contribution in [2.75, 3.05) is 46.4 Å². The summed E-state index contributed by atoms with van der Waals surface area (Å²) >= 11 is 0.